The van der Waals surface area contributed by atoms with Gasteiger partial charge in [-0.1, -0.05) is 0 Å². The highest BCUT2D eigenvalue weighted by Gasteiger charge is 2.22. The molecule has 11 heteroatoms. The van der Waals surface area contributed by atoms with Crippen molar-refractivity contribution in [1.82, 2.24) is 20.4 Å². The Labute approximate surface area is 219 Å². The molecule has 3 aromatic heterocycles. The topological polar surface area (TPSA) is 135 Å². The van der Waals surface area contributed by atoms with Crippen LogP contribution in [0.1, 0.15) is 29.0 Å². The summed E-state index contributed by atoms with van der Waals surface area (Å²) in [6, 6.07) is 9.69. The largest absolute Gasteiger partial charge is 0.493 e. The maximum Gasteiger partial charge on any atom is 0.277 e. The minimum Gasteiger partial charge on any atom is -0.493 e. The summed E-state index contributed by atoms with van der Waals surface area (Å²) in [5.41, 5.74) is 4.26. The number of piperidine rings is 1. The highest BCUT2D eigenvalue weighted by Crippen LogP contribution is 2.37. The molecule has 0 atom stereocenters. The molecule has 0 unspecified atom stereocenters. The van der Waals surface area contributed by atoms with Crippen LogP contribution in [0, 0.1) is 12.8 Å². The number of pyridine rings is 1. The summed E-state index contributed by atoms with van der Waals surface area (Å²) in [5, 5.41) is 13.3. The molecular weight excluding hydrogens is 488 g/mol. The molecule has 1 amide bonds. The molecule has 0 saturated carbocycles. The van der Waals surface area contributed by atoms with E-state index >= 15 is 0 Å². The number of benzene rings is 1. The van der Waals surface area contributed by atoms with Gasteiger partial charge < -0.3 is 24.1 Å². The van der Waals surface area contributed by atoms with Gasteiger partial charge in [-0.3, -0.25) is 10.0 Å². The van der Waals surface area contributed by atoms with E-state index < -0.39 is 5.91 Å². The van der Waals surface area contributed by atoms with Crippen molar-refractivity contribution in [3.8, 4) is 23.0 Å². The summed E-state index contributed by atoms with van der Waals surface area (Å²) >= 11 is 0. The number of anilines is 2. The summed E-state index contributed by atoms with van der Waals surface area (Å²) in [7, 11) is 3.23. The Bertz CT molecular complexity index is 1430. The van der Waals surface area contributed by atoms with Gasteiger partial charge in [-0.2, -0.15) is 0 Å². The van der Waals surface area contributed by atoms with Gasteiger partial charge in [-0.05, 0) is 49.9 Å². The van der Waals surface area contributed by atoms with Gasteiger partial charge in [0, 0.05) is 49.2 Å². The van der Waals surface area contributed by atoms with E-state index in [2.05, 4.69) is 20.2 Å². The smallest absolute Gasteiger partial charge is 0.277 e. The third kappa shape index (κ3) is 5.18. The average Bonchev–Trinajstić information content (AvgIpc) is 3.41. The first-order valence-corrected chi connectivity index (χ1v) is 12.4. The molecule has 11 nitrogen and oxygen atoms in total. The first-order chi connectivity index (χ1) is 18.5. The van der Waals surface area contributed by atoms with E-state index in [1.165, 1.54) is 12.4 Å². The van der Waals surface area contributed by atoms with Gasteiger partial charge in [0.25, 0.3) is 5.91 Å². The second kappa shape index (κ2) is 10.9. The molecule has 0 bridgehead atoms. The summed E-state index contributed by atoms with van der Waals surface area (Å²) in [5.74, 6) is 3.18. The lowest BCUT2D eigenvalue weighted by Gasteiger charge is -2.32. The first-order valence-electron chi connectivity index (χ1n) is 12.4. The quantitative estimate of drug-likeness (QED) is 0.231. The third-order valence-electron chi connectivity index (χ3n) is 6.79. The van der Waals surface area contributed by atoms with E-state index in [1.807, 2.05) is 37.3 Å². The first kappa shape index (κ1) is 25.3. The van der Waals surface area contributed by atoms with Gasteiger partial charge in [-0.25, -0.2) is 20.4 Å². The van der Waals surface area contributed by atoms with E-state index in [4.69, 9.17) is 24.1 Å². The number of methoxy groups -OCH3 is 2. The minimum absolute atomic E-state index is 0.207. The lowest BCUT2D eigenvalue weighted by atomic mass is 9.96. The predicted molar refractivity (Wildman–Crippen MR) is 142 cm³/mol. The van der Waals surface area contributed by atoms with E-state index in [0.29, 0.717) is 29.1 Å². The van der Waals surface area contributed by atoms with Crippen molar-refractivity contribution in [1.29, 1.82) is 0 Å². The summed E-state index contributed by atoms with van der Waals surface area (Å²) in [6.45, 7) is 4.30. The van der Waals surface area contributed by atoms with Crippen LogP contribution in [0.4, 0.5) is 11.6 Å². The number of aryl methyl sites for hydroxylation is 1. The lowest BCUT2D eigenvalue weighted by Crippen LogP contribution is -2.37. The van der Waals surface area contributed by atoms with Crippen molar-refractivity contribution >= 4 is 28.4 Å². The van der Waals surface area contributed by atoms with Gasteiger partial charge in [0.15, 0.2) is 17.3 Å². The molecule has 4 heterocycles. The van der Waals surface area contributed by atoms with Crippen LogP contribution in [0.25, 0.3) is 22.4 Å². The van der Waals surface area contributed by atoms with Crippen molar-refractivity contribution in [3.63, 3.8) is 0 Å². The Balaban J connectivity index is 1.32. The van der Waals surface area contributed by atoms with E-state index in [9.17, 15) is 4.79 Å². The predicted octanol–water partition coefficient (Wildman–Crippen LogP) is 4.06. The third-order valence-corrected chi connectivity index (χ3v) is 6.79. The van der Waals surface area contributed by atoms with E-state index in [0.717, 1.165) is 60.5 Å². The van der Waals surface area contributed by atoms with Crippen molar-refractivity contribution in [3.05, 3.63) is 54.0 Å². The highest BCUT2D eigenvalue weighted by molar-refractivity contribution is 5.95. The number of nitrogens with zero attached hydrogens (tertiary/aromatic N) is 4. The molecule has 0 radical (unpaired) electrons. The van der Waals surface area contributed by atoms with Gasteiger partial charge in [0.1, 0.15) is 11.5 Å². The Morgan fingerprint density at radius 2 is 1.82 bits per heavy atom. The lowest BCUT2D eigenvalue weighted by molar-refractivity contribution is 0.0705. The fourth-order valence-electron chi connectivity index (χ4n) is 4.66. The van der Waals surface area contributed by atoms with Gasteiger partial charge in [0.05, 0.1) is 25.3 Å². The molecule has 0 aliphatic carbocycles. The van der Waals surface area contributed by atoms with E-state index in [-0.39, 0.29) is 5.56 Å². The standard InChI is InChI=1S/C27H30N6O5/c1-16-4-5-23(38-16)22-11-20(19-10-24(36-2)25(37-3)12-21(19)31-22)28-13-17-6-8-33(9-7-17)27-29-14-18(15-30-27)26(34)32-35/h4-5,10-12,14-15,17,35H,6-9,13H2,1-3H3,(H,28,31)(H,32,34). The second-order valence-corrected chi connectivity index (χ2v) is 9.21. The Morgan fingerprint density at radius 3 is 2.45 bits per heavy atom. The van der Waals surface area contributed by atoms with Crippen LogP contribution < -0.4 is 25.2 Å². The van der Waals surface area contributed by atoms with Crippen molar-refractivity contribution in [2.45, 2.75) is 19.8 Å². The number of hydrogen-bond acceptors (Lipinski definition) is 10. The van der Waals surface area contributed by atoms with Crippen LogP contribution in [0.5, 0.6) is 11.5 Å². The number of aromatic nitrogens is 3. The Morgan fingerprint density at radius 1 is 1.11 bits per heavy atom. The zero-order valence-electron chi connectivity index (χ0n) is 21.5. The van der Waals surface area contributed by atoms with Crippen LogP contribution in [-0.4, -0.2) is 59.9 Å². The number of rotatable bonds is 8. The number of ether oxygens (including phenoxy) is 2. The molecule has 1 aliphatic rings. The Kier molecular flexibility index (Phi) is 7.27. The number of fused-ring (bicyclic) bond motifs is 1. The number of carbonyl (C=O) groups is 1. The molecule has 38 heavy (non-hydrogen) atoms. The van der Waals surface area contributed by atoms with Crippen LogP contribution in [0.15, 0.2) is 47.1 Å². The van der Waals surface area contributed by atoms with Crippen LogP contribution >= 0.6 is 0 Å². The van der Waals surface area contributed by atoms with Crippen LogP contribution in [-0.2, 0) is 0 Å². The fourth-order valence-corrected chi connectivity index (χ4v) is 4.66. The normalized spacial score (nSPS) is 13.9. The minimum atomic E-state index is -0.633. The molecule has 1 fully saturated rings. The van der Waals surface area contributed by atoms with Gasteiger partial charge in [0.2, 0.25) is 5.95 Å². The number of hydrogen-bond donors (Lipinski definition) is 3. The van der Waals surface area contributed by atoms with Gasteiger partial charge >= 0.3 is 0 Å². The number of hydroxylamine groups is 1. The van der Waals surface area contributed by atoms with Gasteiger partial charge in [-0.15, -0.1) is 0 Å². The summed E-state index contributed by atoms with van der Waals surface area (Å²) in [4.78, 5) is 27.0. The molecule has 3 N–H and O–H groups in total. The Hall–Kier alpha value is -4.38. The van der Waals surface area contributed by atoms with Crippen molar-refractivity contribution in [2.24, 2.45) is 5.92 Å². The number of nitrogens with one attached hydrogen (secondary N) is 2. The van der Waals surface area contributed by atoms with Crippen LogP contribution in [0.3, 0.4) is 0 Å². The monoisotopic (exact) mass is 518 g/mol. The summed E-state index contributed by atoms with van der Waals surface area (Å²) in [6.07, 6.45) is 4.74. The van der Waals surface area contributed by atoms with E-state index in [1.54, 1.807) is 19.7 Å². The summed E-state index contributed by atoms with van der Waals surface area (Å²) < 4.78 is 16.9. The maximum atomic E-state index is 11.5. The maximum absolute atomic E-state index is 11.5. The molecular formula is C27H30N6O5. The molecule has 0 spiro atoms. The fraction of sp³-hybridized carbons (Fsp3) is 0.333. The van der Waals surface area contributed by atoms with Crippen molar-refractivity contribution < 1.29 is 23.9 Å². The van der Waals surface area contributed by atoms with Crippen molar-refractivity contribution in [2.75, 3.05) is 44.1 Å². The van der Waals surface area contributed by atoms with Crippen LogP contribution in [0.2, 0.25) is 0 Å². The molecule has 1 aliphatic heterocycles. The zero-order chi connectivity index (χ0) is 26.6. The number of furan rings is 1. The number of carbonyl (C=O) groups excluding carboxylic acids is 1. The number of amides is 1. The highest BCUT2D eigenvalue weighted by atomic mass is 16.5. The molecule has 4 aromatic rings. The molecule has 5 rings (SSSR count). The molecule has 198 valence electrons. The second-order valence-electron chi connectivity index (χ2n) is 9.21. The molecule has 1 saturated heterocycles. The SMILES string of the molecule is COc1cc2nc(-c3ccc(C)o3)cc(NCC3CCN(c4ncc(C(=O)NO)cn4)CC3)c2cc1OC. The molecule has 1 aromatic carbocycles. The average molecular weight is 519 g/mol. The zero-order valence-corrected chi connectivity index (χ0v) is 21.5.